The molecule has 3 heteroatoms. The van der Waals surface area contributed by atoms with Crippen molar-refractivity contribution < 1.29 is 0 Å². The van der Waals surface area contributed by atoms with Gasteiger partial charge in [0.2, 0.25) is 0 Å². The SMILES string of the molecule is CCC1C(c2ccccc2)=NC(c2c(-c3ccc(-c4ccc5ccccc5c4)cc3)ccc3c2c2cccc4c5ccccc5n3c42)=NC1c1ccccc1. The molecule has 0 bridgehead atoms. The van der Waals surface area contributed by atoms with E-state index in [0.717, 1.165) is 40.2 Å². The Bertz CT molecular complexity index is 3120. The zero-order valence-corrected chi connectivity index (χ0v) is 30.5. The number of hydrogen-bond donors (Lipinski definition) is 0. The molecule has 0 fully saturated rings. The minimum atomic E-state index is -0.0789. The van der Waals surface area contributed by atoms with Crippen molar-refractivity contribution in [2.75, 3.05) is 0 Å². The number of para-hydroxylation sites is 2. The van der Waals surface area contributed by atoms with Crippen LogP contribution >= 0.6 is 0 Å². The Morgan fingerprint density at radius 3 is 2.00 bits per heavy atom. The maximum Gasteiger partial charge on any atom is 0.156 e. The van der Waals surface area contributed by atoms with Crippen LogP contribution in [0.2, 0.25) is 0 Å². The third-order valence-electron chi connectivity index (χ3n) is 11.8. The van der Waals surface area contributed by atoms with Crippen LogP contribution in [0.15, 0.2) is 192 Å². The fraction of sp³-hybridized carbons (Fsp3) is 0.0769. The first kappa shape index (κ1) is 31.7. The van der Waals surface area contributed by atoms with Gasteiger partial charge in [0.05, 0.1) is 28.3 Å². The van der Waals surface area contributed by atoms with Crippen molar-refractivity contribution in [3.8, 4) is 22.3 Å². The van der Waals surface area contributed by atoms with E-state index in [0.29, 0.717) is 0 Å². The number of hydrogen-bond acceptors (Lipinski definition) is 2. The topological polar surface area (TPSA) is 29.1 Å². The van der Waals surface area contributed by atoms with Crippen molar-refractivity contribution in [1.82, 2.24) is 4.40 Å². The van der Waals surface area contributed by atoms with E-state index in [1.807, 2.05) is 0 Å². The van der Waals surface area contributed by atoms with Gasteiger partial charge >= 0.3 is 0 Å². The predicted octanol–water partition coefficient (Wildman–Crippen LogP) is 13.3. The maximum atomic E-state index is 5.70. The Morgan fingerprint density at radius 2 is 1.18 bits per heavy atom. The lowest BCUT2D eigenvalue weighted by molar-refractivity contribution is 0.532. The number of benzene rings is 8. The van der Waals surface area contributed by atoms with Gasteiger partial charge in [0, 0.05) is 33.0 Å². The van der Waals surface area contributed by atoms with E-state index in [-0.39, 0.29) is 12.0 Å². The van der Waals surface area contributed by atoms with Gasteiger partial charge in [0.15, 0.2) is 5.84 Å². The van der Waals surface area contributed by atoms with Crippen molar-refractivity contribution >= 4 is 60.4 Å². The number of nitrogens with zero attached hydrogens (tertiary/aromatic N) is 3. The largest absolute Gasteiger partial charge is 0.308 e. The molecule has 0 saturated heterocycles. The quantitative estimate of drug-likeness (QED) is 0.165. The zero-order valence-electron chi connectivity index (χ0n) is 30.5. The number of aromatic nitrogens is 1. The van der Waals surface area contributed by atoms with Crippen molar-refractivity contribution in [1.29, 1.82) is 0 Å². The average Bonchev–Trinajstić information content (AvgIpc) is 3.79. The smallest absolute Gasteiger partial charge is 0.156 e. The van der Waals surface area contributed by atoms with Gasteiger partial charge in [0.1, 0.15) is 0 Å². The summed E-state index contributed by atoms with van der Waals surface area (Å²) in [6, 6.07) is 65.9. The fourth-order valence-corrected chi connectivity index (χ4v) is 9.18. The molecule has 55 heavy (non-hydrogen) atoms. The second kappa shape index (κ2) is 12.6. The van der Waals surface area contributed by atoms with Gasteiger partial charge in [-0.1, -0.05) is 171 Å². The summed E-state index contributed by atoms with van der Waals surface area (Å²) >= 11 is 0. The first-order chi connectivity index (χ1) is 27.2. The molecular formula is C52H37N3. The summed E-state index contributed by atoms with van der Waals surface area (Å²) in [5.74, 6) is 0.922. The van der Waals surface area contributed by atoms with Gasteiger partial charge in [-0.15, -0.1) is 0 Å². The Hall–Kier alpha value is -6.84. The van der Waals surface area contributed by atoms with Crippen LogP contribution in [0.25, 0.3) is 71.1 Å². The van der Waals surface area contributed by atoms with Crippen LogP contribution < -0.4 is 0 Å². The van der Waals surface area contributed by atoms with Crippen LogP contribution in [-0.2, 0) is 0 Å². The van der Waals surface area contributed by atoms with Gasteiger partial charge in [-0.3, -0.25) is 4.99 Å². The number of rotatable bonds is 6. The van der Waals surface area contributed by atoms with Gasteiger partial charge < -0.3 is 4.40 Å². The van der Waals surface area contributed by atoms with Crippen LogP contribution in [0.1, 0.15) is 36.1 Å². The highest BCUT2D eigenvalue weighted by atomic mass is 15.0. The summed E-state index contributed by atoms with van der Waals surface area (Å²) in [5, 5.41) is 7.46. The van der Waals surface area contributed by atoms with E-state index in [2.05, 4.69) is 193 Å². The molecule has 1 aliphatic heterocycles. The molecule has 3 nitrogen and oxygen atoms in total. The molecule has 10 aromatic rings. The second-order valence-electron chi connectivity index (χ2n) is 14.8. The minimum absolute atomic E-state index is 0.0789. The molecule has 0 spiro atoms. The molecule has 3 heterocycles. The molecule has 1 aliphatic rings. The Labute approximate surface area is 319 Å². The summed E-state index contributed by atoms with van der Waals surface area (Å²) in [6.07, 6.45) is 0.927. The molecule has 11 rings (SSSR count). The van der Waals surface area contributed by atoms with Crippen molar-refractivity contribution in [2.24, 2.45) is 15.9 Å². The van der Waals surface area contributed by atoms with E-state index in [9.17, 15) is 0 Å². The Morgan fingerprint density at radius 1 is 0.509 bits per heavy atom. The van der Waals surface area contributed by atoms with Crippen LogP contribution in [0, 0.1) is 5.92 Å². The lowest BCUT2D eigenvalue weighted by Crippen LogP contribution is -2.28. The third-order valence-corrected chi connectivity index (χ3v) is 11.8. The predicted molar refractivity (Wildman–Crippen MR) is 232 cm³/mol. The lowest BCUT2D eigenvalue weighted by Gasteiger charge is -2.30. The lowest BCUT2D eigenvalue weighted by atomic mass is 9.82. The van der Waals surface area contributed by atoms with Crippen molar-refractivity contribution in [3.05, 3.63) is 199 Å². The summed E-state index contributed by atoms with van der Waals surface area (Å²) in [4.78, 5) is 11.3. The Balaban J connectivity index is 1.20. The van der Waals surface area contributed by atoms with E-state index in [1.165, 1.54) is 65.6 Å². The Kier molecular flexibility index (Phi) is 7.28. The van der Waals surface area contributed by atoms with Crippen LogP contribution in [0.3, 0.4) is 0 Å². The number of amidine groups is 1. The molecule has 2 aromatic heterocycles. The second-order valence-corrected chi connectivity index (χ2v) is 14.8. The standard InChI is InChI=1S/C52H37N3/c1-2-40-49(36-15-5-3-6-16-36)53-52(54-50(40)37-17-7-4-8-18-37)48-41(35-27-24-34(25-28-35)39-29-26-33-14-9-10-19-38(33)32-39)30-31-46-47(48)44-22-13-21-43-42-20-11-12-23-45(42)55(46)51(43)44/h3-32,40,49H,2H2,1H3. The highest BCUT2D eigenvalue weighted by Gasteiger charge is 2.33. The van der Waals surface area contributed by atoms with Crippen molar-refractivity contribution in [2.45, 2.75) is 19.4 Å². The van der Waals surface area contributed by atoms with E-state index >= 15 is 0 Å². The van der Waals surface area contributed by atoms with Gasteiger partial charge in [-0.05, 0) is 68.8 Å². The normalized spacial score (nSPS) is 16.0. The van der Waals surface area contributed by atoms with Crippen LogP contribution in [0.5, 0.6) is 0 Å². The van der Waals surface area contributed by atoms with Gasteiger partial charge in [-0.25, -0.2) is 4.99 Å². The molecule has 0 N–H and O–H groups in total. The molecule has 0 amide bonds. The fourth-order valence-electron chi connectivity index (χ4n) is 9.18. The molecule has 0 saturated carbocycles. The summed E-state index contributed by atoms with van der Waals surface area (Å²) in [5.41, 5.74) is 12.9. The monoisotopic (exact) mass is 703 g/mol. The summed E-state index contributed by atoms with van der Waals surface area (Å²) in [7, 11) is 0. The highest BCUT2D eigenvalue weighted by molar-refractivity contribution is 6.30. The van der Waals surface area contributed by atoms with Crippen LogP contribution in [-0.4, -0.2) is 15.9 Å². The molecule has 0 radical (unpaired) electrons. The van der Waals surface area contributed by atoms with E-state index < -0.39 is 0 Å². The van der Waals surface area contributed by atoms with Gasteiger partial charge in [0.25, 0.3) is 0 Å². The molecular weight excluding hydrogens is 667 g/mol. The first-order valence-corrected chi connectivity index (χ1v) is 19.3. The number of aliphatic imine (C=N–C) groups is 2. The molecule has 260 valence electrons. The van der Waals surface area contributed by atoms with E-state index in [4.69, 9.17) is 9.98 Å². The van der Waals surface area contributed by atoms with E-state index in [1.54, 1.807) is 0 Å². The van der Waals surface area contributed by atoms with Gasteiger partial charge in [-0.2, -0.15) is 0 Å². The maximum absolute atomic E-state index is 5.70. The molecule has 8 aromatic carbocycles. The average molecular weight is 704 g/mol. The van der Waals surface area contributed by atoms with Crippen LogP contribution in [0.4, 0.5) is 0 Å². The van der Waals surface area contributed by atoms with Crippen molar-refractivity contribution in [3.63, 3.8) is 0 Å². The molecule has 0 aliphatic carbocycles. The minimum Gasteiger partial charge on any atom is -0.308 e. The number of fused-ring (bicyclic) bond motifs is 7. The summed E-state index contributed by atoms with van der Waals surface area (Å²) < 4.78 is 2.46. The summed E-state index contributed by atoms with van der Waals surface area (Å²) in [6.45, 7) is 2.27. The molecule has 2 unspecified atom stereocenters. The highest BCUT2D eigenvalue weighted by Crippen LogP contribution is 2.45. The molecule has 2 atom stereocenters. The third kappa shape index (κ3) is 4.97. The first-order valence-electron chi connectivity index (χ1n) is 19.3. The zero-order chi connectivity index (χ0) is 36.5.